The van der Waals surface area contributed by atoms with Crippen LogP contribution >= 0.6 is 36.4 Å². The van der Waals surface area contributed by atoms with Crippen molar-refractivity contribution in [3.05, 3.63) is 29.3 Å². The van der Waals surface area contributed by atoms with Crippen molar-refractivity contribution < 1.29 is 4.79 Å². The summed E-state index contributed by atoms with van der Waals surface area (Å²) < 4.78 is 0. The topological polar surface area (TPSA) is 58.4 Å². The van der Waals surface area contributed by atoms with E-state index in [9.17, 15) is 4.79 Å². The van der Waals surface area contributed by atoms with E-state index in [4.69, 9.17) is 17.3 Å². The zero-order chi connectivity index (χ0) is 15.2. The Labute approximate surface area is 155 Å². The van der Waals surface area contributed by atoms with Crippen LogP contribution in [-0.4, -0.2) is 31.1 Å². The van der Waals surface area contributed by atoms with Gasteiger partial charge in [0.25, 0.3) is 0 Å². The molecule has 1 saturated heterocycles. The van der Waals surface area contributed by atoms with Crippen molar-refractivity contribution in [2.75, 3.05) is 18.0 Å². The molecule has 1 heterocycles. The van der Waals surface area contributed by atoms with E-state index in [1.165, 1.54) is 0 Å². The van der Waals surface area contributed by atoms with Crippen molar-refractivity contribution in [2.45, 2.75) is 44.7 Å². The maximum atomic E-state index is 11.9. The molecule has 0 radical (unpaired) electrons. The normalized spacial score (nSPS) is 18.4. The van der Waals surface area contributed by atoms with Gasteiger partial charge in [-0.25, -0.2) is 0 Å². The molecule has 1 amide bonds. The smallest absolute Gasteiger partial charge is 0.220 e. The van der Waals surface area contributed by atoms with Crippen LogP contribution in [0, 0.1) is 0 Å². The fraction of sp³-hybridized carbons (Fsp3) is 0.562. The van der Waals surface area contributed by atoms with E-state index in [1.54, 1.807) is 0 Å². The Bertz CT molecular complexity index is 485. The summed E-state index contributed by atoms with van der Waals surface area (Å²) in [5, 5.41) is 3.88. The molecule has 1 fully saturated rings. The van der Waals surface area contributed by atoms with Crippen LogP contribution in [0.25, 0.3) is 0 Å². The highest BCUT2D eigenvalue weighted by Gasteiger charge is 2.22. The molecule has 1 aliphatic heterocycles. The number of benzene rings is 1. The summed E-state index contributed by atoms with van der Waals surface area (Å²) in [4.78, 5) is 14.2. The number of carbonyl (C=O) groups excluding carboxylic acids is 1. The van der Waals surface area contributed by atoms with Crippen molar-refractivity contribution in [1.29, 1.82) is 0 Å². The van der Waals surface area contributed by atoms with Crippen molar-refractivity contribution in [3.63, 3.8) is 0 Å². The second-order valence-electron chi connectivity index (χ2n) is 5.82. The predicted molar refractivity (Wildman–Crippen MR) is 102 cm³/mol. The minimum Gasteiger partial charge on any atom is -0.368 e. The number of piperidine rings is 1. The Hall–Kier alpha value is -0.680. The third-order valence-corrected chi connectivity index (χ3v) is 4.13. The SMILES string of the molecule is CC(N)CCC(=O)NC1CCCN(c2ccccc2Cl)C1.Cl.Cl. The summed E-state index contributed by atoms with van der Waals surface area (Å²) in [5.74, 6) is 0.0957. The van der Waals surface area contributed by atoms with E-state index in [0.717, 1.165) is 43.1 Å². The Morgan fingerprint density at radius 3 is 2.78 bits per heavy atom. The van der Waals surface area contributed by atoms with Crippen LogP contribution in [0.2, 0.25) is 5.02 Å². The van der Waals surface area contributed by atoms with E-state index in [1.807, 2.05) is 31.2 Å². The summed E-state index contributed by atoms with van der Waals surface area (Å²) in [6.07, 6.45) is 3.31. The van der Waals surface area contributed by atoms with Gasteiger partial charge in [-0.1, -0.05) is 23.7 Å². The summed E-state index contributed by atoms with van der Waals surface area (Å²) in [5.41, 5.74) is 6.74. The fourth-order valence-electron chi connectivity index (χ4n) is 2.68. The van der Waals surface area contributed by atoms with Crippen molar-refractivity contribution in [3.8, 4) is 0 Å². The first-order chi connectivity index (χ1) is 10.1. The van der Waals surface area contributed by atoms with Gasteiger partial charge < -0.3 is 16.0 Å². The van der Waals surface area contributed by atoms with Crippen molar-refractivity contribution >= 4 is 48.0 Å². The number of nitrogens with two attached hydrogens (primary N) is 1. The molecular formula is C16H26Cl3N3O. The lowest BCUT2D eigenvalue weighted by Crippen LogP contribution is -2.48. The molecule has 0 aromatic heterocycles. The number of nitrogens with one attached hydrogen (secondary N) is 1. The predicted octanol–water partition coefficient (Wildman–Crippen LogP) is 3.40. The maximum absolute atomic E-state index is 11.9. The lowest BCUT2D eigenvalue weighted by molar-refractivity contribution is -0.122. The van der Waals surface area contributed by atoms with Crippen LogP contribution in [-0.2, 0) is 4.79 Å². The molecule has 0 bridgehead atoms. The van der Waals surface area contributed by atoms with Gasteiger partial charge >= 0.3 is 0 Å². The van der Waals surface area contributed by atoms with Gasteiger partial charge in [0.1, 0.15) is 0 Å². The first-order valence-corrected chi connectivity index (χ1v) is 7.98. The van der Waals surface area contributed by atoms with E-state index in [2.05, 4.69) is 10.2 Å². The van der Waals surface area contributed by atoms with Gasteiger partial charge in [-0.15, -0.1) is 24.8 Å². The number of carbonyl (C=O) groups is 1. The van der Waals surface area contributed by atoms with E-state index in [-0.39, 0.29) is 42.8 Å². The van der Waals surface area contributed by atoms with Gasteiger partial charge in [0.2, 0.25) is 5.91 Å². The van der Waals surface area contributed by atoms with Gasteiger partial charge in [0.15, 0.2) is 0 Å². The lowest BCUT2D eigenvalue weighted by atomic mass is 10.0. The van der Waals surface area contributed by atoms with Crippen LogP contribution in [0.4, 0.5) is 5.69 Å². The molecule has 0 aliphatic carbocycles. The van der Waals surface area contributed by atoms with Gasteiger partial charge in [0.05, 0.1) is 10.7 Å². The number of rotatable bonds is 5. The number of hydrogen-bond acceptors (Lipinski definition) is 3. The lowest BCUT2D eigenvalue weighted by Gasteiger charge is -2.35. The molecule has 2 rings (SSSR count). The highest BCUT2D eigenvalue weighted by molar-refractivity contribution is 6.33. The quantitative estimate of drug-likeness (QED) is 0.820. The fourth-order valence-corrected chi connectivity index (χ4v) is 2.94. The third-order valence-electron chi connectivity index (χ3n) is 3.81. The van der Waals surface area contributed by atoms with E-state index < -0.39 is 0 Å². The van der Waals surface area contributed by atoms with Crippen molar-refractivity contribution in [1.82, 2.24) is 5.32 Å². The molecule has 7 heteroatoms. The number of nitrogens with zero attached hydrogens (tertiary/aromatic N) is 1. The Balaban J connectivity index is 0.00000242. The third kappa shape index (κ3) is 7.17. The highest BCUT2D eigenvalue weighted by Crippen LogP contribution is 2.27. The van der Waals surface area contributed by atoms with Gasteiger partial charge in [-0.2, -0.15) is 0 Å². The molecule has 2 atom stereocenters. The van der Waals surface area contributed by atoms with E-state index in [0.29, 0.717) is 6.42 Å². The Morgan fingerprint density at radius 2 is 2.13 bits per heavy atom. The minimum absolute atomic E-state index is 0. The maximum Gasteiger partial charge on any atom is 0.220 e. The van der Waals surface area contributed by atoms with E-state index >= 15 is 0 Å². The number of anilines is 1. The number of hydrogen-bond donors (Lipinski definition) is 2. The molecule has 3 N–H and O–H groups in total. The minimum atomic E-state index is 0. The van der Waals surface area contributed by atoms with Gasteiger partial charge in [-0.05, 0) is 38.3 Å². The van der Waals surface area contributed by atoms with Gasteiger partial charge in [0, 0.05) is 31.6 Å². The summed E-state index contributed by atoms with van der Waals surface area (Å²) in [6, 6.07) is 8.12. The molecule has 132 valence electrons. The molecule has 1 aromatic carbocycles. The number of amides is 1. The monoisotopic (exact) mass is 381 g/mol. The highest BCUT2D eigenvalue weighted by atomic mass is 35.5. The molecule has 1 aliphatic rings. The molecule has 1 aromatic rings. The average Bonchev–Trinajstić information content (AvgIpc) is 2.46. The molecule has 0 spiro atoms. The van der Waals surface area contributed by atoms with Crippen LogP contribution in [0.3, 0.4) is 0 Å². The first-order valence-electron chi connectivity index (χ1n) is 7.60. The number of halogens is 3. The number of para-hydroxylation sites is 1. The summed E-state index contributed by atoms with van der Waals surface area (Å²) in [6.45, 7) is 3.72. The van der Waals surface area contributed by atoms with Crippen LogP contribution < -0.4 is 16.0 Å². The van der Waals surface area contributed by atoms with Crippen LogP contribution in [0.5, 0.6) is 0 Å². The Morgan fingerprint density at radius 1 is 1.43 bits per heavy atom. The molecular weight excluding hydrogens is 357 g/mol. The standard InChI is InChI=1S/C16H24ClN3O.2ClH/c1-12(18)8-9-16(21)19-13-5-4-10-20(11-13)15-7-3-2-6-14(15)17;;/h2-3,6-7,12-13H,4-5,8-11,18H2,1H3,(H,19,21);2*1H. The summed E-state index contributed by atoms with van der Waals surface area (Å²) >= 11 is 6.25. The zero-order valence-corrected chi connectivity index (χ0v) is 15.7. The summed E-state index contributed by atoms with van der Waals surface area (Å²) in [7, 11) is 0. The van der Waals surface area contributed by atoms with Crippen molar-refractivity contribution in [2.24, 2.45) is 5.73 Å². The molecule has 23 heavy (non-hydrogen) atoms. The second kappa shape index (κ2) is 11.0. The van der Waals surface area contributed by atoms with Crippen LogP contribution in [0.1, 0.15) is 32.6 Å². The molecule has 4 nitrogen and oxygen atoms in total. The largest absolute Gasteiger partial charge is 0.368 e. The Kier molecular flexibility index (Phi) is 10.7. The average molecular weight is 383 g/mol. The second-order valence-corrected chi connectivity index (χ2v) is 6.23. The molecule has 2 unspecified atom stereocenters. The van der Waals surface area contributed by atoms with Gasteiger partial charge in [-0.3, -0.25) is 4.79 Å². The zero-order valence-electron chi connectivity index (χ0n) is 13.3. The molecule has 0 saturated carbocycles. The van der Waals surface area contributed by atoms with Crippen LogP contribution in [0.15, 0.2) is 24.3 Å². The first kappa shape index (κ1) is 22.3.